The van der Waals surface area contributed by atoms with Crippen molar-refractivity contribution in [3.8, 4) is 0 Å². The summed E-state index contributed by atoms with van der Waals surface area (Å²) in [6.07, 6.45) is 8.11. The average molecular weight is 514 g/mol. The predicted octanol–water partition coefficient (Wildman–Crippen LogP) is 5.64. The van der Waals surface area contributed by atoms with Crippen molar-refractivity contribution < 1.29 is 18.7 Å². The zero-order valence-electron chi connectivity index (χ0n) is 23.0. The van der Waals surface area contributed by atoms with Crippen LogP contribution in [0.3, 0.4) is 0 Å². The average Bonchev–Trinajstić information content (AvgIpc) is 3.31. The van der Waals surface area contributed by atoms with Crippen LogP contribution < -0.4 is 0 Å². The highest BCUT2D eigenvalue weighted by molar-refractivity contribution is 5.87. The van der Waals surface area contributed by atoms with Crippen LogP contribution >= 0.6 is 0 Å². The molecule has 3 rings (SSSR count). The second-order valence-corrected chi connectivity index (χ2v) is 11.1. The van der Waals surface area contributed by atoms with Gasteiger partial charge in [-0.25, -0.2) is 4.39 Å². The SMILES string of the molecule is CCOCCCN(CC(=O)N(Cc1cccn1Cc1ccc(F)cc1)C1CCCCC1)C(=O)C(C)(C)C. The molecule has 0 spiro atoms. The van der Waals surface area contributed by atoms with E-state index in [1.165, 1.54) is 18.6 Å². The van der Waals surface area contributed by atoms with Crippen LogP contribution in [0, 0.1) is 11.2 Å². The lowest BCUT2D eigenvalue weighted by atomic mass is 9.93. The predicted molar refractivity (Wildman–Crippen MR) is 145 cm³/mol. The fourth-order valence-corrected chi connectivity index (χ4v) is 5.00. The van der Waals surface area contributed by atoms with Crippen molar-refractivity contribution in [1.29, 1.82) is 0 Å². The Hall–Kier alpha value is -2.67. The molecule has 1 heterocycles. The van der Waals surface area contributed by atoms with E-state index in [4.69, 9.17) is 4.74 Å². The van der Waals surface area contributed by atoms with Gasteiger partial charge < -0.3 is 19.1 Å². The van der Waals surface area contributed by atoms with Gasteiger partial charge in [0.25, 0.3) is 0 Å². The van der Waals surface area contributed by atoms with E-state index < -0.39 is 5.41 Å². The topological polar surface area (TPSA) is 54.8 Å². The molecule has 0 bridgehead atoms. The van der Waals surface area contributed by atoms with E-state index in [-0.39, 0.29) is 30.2 Å². The van der Waals surface area contributed by atoms with Crippen molar-refractivity contribution in [2.24, 2.45) is 5.41 Å². The first-order chi connectivity index (χ1) is 17.7. The summed E-state index contributed by atoms with van der Waals surface area (Å²) in [6.45, 7) is 10.6. The van der Waals surface area contributed by atoms with Crippen molar-refractivity contribution >= 4 is 11.8 Å². The highest BCUT2D eigenvalue weighted by Crippen LogP contribution is 2.26. The van der Waals surface area contributed by atoms with Gasteiger partial charge in [0.2, 0.25) is 11.8 Å². The molecule has 1 aromatic heterocycles. The first-order valence-electron chi connectivity index (χ1n) is 13.7. The third-order valence-electron chi connectivity index (χ3n) is 7.03. The minimum atomic E-state index is -0.564. The van der Waals surface area contributed by atoms with Gasteiger partial charge in [-0.15, -0.1) is 0 Å². The van der Waals surface area contributed by atoms with Gasteiger partial charge in [0.1, 0.15) is 5.82 Å². The van der Waals surface area contributed by atoms with Gasteiger partial charge in [0, 0.05) is 49.7 Å². The van der Waals surface area contributed by atoms with Gasteiger partial charge in [-0.05, 0) is 56.0 Å². The number of hydrogen-bond acceptors (Lipinski definition) is 3. The molecule has 0 unspecified atom stereocenters. The number of nitrogens with zero attached hydrogens (tertiary/aromatic N) is 3. The molecule has 0 radical (unpaired) electrons. The number of rotatable bonds is 12. The van der Waals surface area contributed by atoms with E-state index in [9.17, 15) is 14.0 Å². The molecule has 0 atom stereocenters. The molecule has 0 saturated heterocycles. The highest BCUT2D eigenvalue weighted by atomic mass is 19.1. The van der Waals surface area contributed by atoms with Crippen molar-refractivity contribution in [2.75, 3.05) is 26.3 Å². The smallest absolute Gasteiger partial charge is 0.242 e. The van der Waals surface area contributed by atoms with Gasteiger partial charge in [0.15, 0.2) is 0 Å². The van der Waals surface area contributed by atoms with E-state index in [1.807, 2.05) is 50.9 Å². The van der Waals surface area contributed by atoms with Gasteiger partial charge in [-0.3, -0.25) is 9.59 Å². The number of hydrogen-bond donors (Lipinski definition) is 0. The van der Waals surface area contributed by atoms with Crippen LogP contribution in [0.4, 0.5) is 4.39 Å². The number of aromatic nitrogens is 1. The molecular formula is C30H44FN3O3. The zero-order valence-corrected chi connectivity index (χ0v) is 23.0. The standard InChI is InChI=1S/C30H44FN3O3/c1-5-37-20-10-19-33(29(36)30(2,3)4)23-28(35)34(26-11-7-6-8-12-26)22-27-13-9-18-32(27)21-24-14-16-25(31)17-15-24/h9,13-18,26H,5-8,10-12,19-23H2,1-4H3. The van der Waals surface area contributed by atoms with Crippen molar-refractivity contribution in [2.45, 2.75) is 85.4 Å². The van der Waals surface area contributed by atoms with Crippen LogP contribution in [0.25, 0.3) is 0 Å². The summed E-state index contributed by atoms with van der Waals surface area (Å²) in [5.74, 6) is -0.266. The van der Waals surface area contributed by atoms with Gasteiger partial charge >= 0.3 is 0 Å². The molecule has 37 heavy (non-hydrogen) atoms. The molecule has 204 valence electrons. The minimum absolute atomic E-state index is 0.00422. The van der Waals surface area contributed by atoms with E-state index in [1.54, 1.807) is 17.0 Å². The lowest BCUT2D eigenvalue weighted by Gasteiger charge is -2.37. The maximum Gasteiger partial charge on any atom is 0.242 e. The third kappa shape index (κ3) is 8.70. The van der Waals surface area contributed by atoms with Crippen LogP contribution in [-0.4, -0.2) is 58.5 Å². The molecular weight excluding hydrogens is 469 g/mol. The second-order valence-electron chi connectivity index (χ2n) is 11.1. The van der Waals surface area contributed by atoms with Gasteiger partial charge in [0.05, 0.1) is 13.1 Å². The lowest BCUT2D eigenvalue weighted by molar-refractivity contribution is -0.147. The Balaban J connectivity index is 1.78. The molecule has 1 aliphatic carbocycles. The van der Waals surface area contributed by atoms with Crippen molar-refractivity contribution in [3.05, 3.63) is 59.7 Å². The largest absolute Gasteiger partial charge is 0.382 e. The van der Waals surface area contributed by atoms with Crippen LogP contribution in [0.2, 0.25) is 0 Å². The number of carbonyl (C=O) groups is 2. The summed E-state index contributed by atoms with van der Waals surface area (Å²) < 4.78 is 21.0. The molecule has 2 amide bonds. The van der Waals surface area contributed by atoms with Crippen molar-refractivity contribution in [3.63, 3.8) is 0 Å². The summed E-state index contributed by atoms with van der Waals surface area (Å²) >= 11 is 0. The van der Waals surface area contributed by atoms with E-state index >= 15 is 0 Å². The second kappa shape index (κ2) is 13.8. The fraction of sp³-hybridized carbons (Fsp3) is 0.600. The van der Waals surface area contributed by atoms with E-state index in [0.29, 0.717) is 39.3 Å². The quantitative estimate of drug-likeness (QED) is 0.345. The normalized spacial score (nSPS) is 14.5. The summed E-state index contributed by atoms with van der Waals surface area (Å²) in [5.41, 5.74) is 1.48. The number of ether oxygens (including phenoxy) is 1. The Labute approximate surface area is 221 Å². The Morgan fingerprint density at radius 1 is 1.08 bits per heavy atom. The van der Waals surface area contributed by atoms with Crippen LogP contribution in [-0.2, 0) is 27.4 Å². The lowest BCUT2D eigenvalue weighted by Crippen LogP contribution is -2.50. The molecule has 2 aromatic rings. The maximum absolute atomic E-state index is 13.9. The van der Waals surface area contributed by atoms with Gasteiger partial charge in [-0.1, -0.05) is 52.2 Å². The molecule has 6 nitrogen and oxygen atoms in total. The maximum atomic E-state index is 13.9. The van der Waals surface area contributed by atoms with E-state index in [0.717, 1.165) is 36.9 Å². The Bertz CT molecular complexity index is 990. The summed E-state index contributed by atoms with van der Waals surface area (Å²) in [5, 5.41) is 0. The fourth-order valence-electron chi connectivity index (χ4n) is 5.00. The monoisotopic (exact) mass is 513 g/mol. The Morgan fingerprint density at radius 3 is 2.43 bits per heavy atom. The molecule has 1 saturated carbocycles. The zero-order chi connectivity index (χ0) is 26.8. The molecule has 1 fully saturated rings. The van der Waals surface area contributed by atoms with Crippen molar-refractivity contribution in [1.82, 2.24) is 14.4 Å². The minimum Gasteiger partial charge on any atom is -0.382 e. The molecule has 1 aromatic carbocycles. The molecule has 0 aliphatic heterocycles. The molecule has 0 N–H and O–H groups in total. The Morgan fingerprint density at radius 2 is 1.78 bits per heavy atom. The summed E-state index contributed by atoms with van der Waals surface area (Å²) in [7, 11) is 0. The number of amides is 2. The molecule has 1 aliphatic rings. The van der Waals surface area contributed by atoms with Crippen LogP contribution in [0.15, 0.2) is 42.6 Å². The molecule has 7 heteroatoms. The Kier molecular flexibility index (Phi) is 10.7. The van der Waals surface area contributed by atoms with E-state index in [2.05, 4.69) is 4.57 Å². The first-order valence-corrected chi connectivity index (χ1v) is 13.7. The summed E-state index contributed by atoms with van der Waals surface area (Å²) in [4.78, 5) is 30.8. The number of benzene rings is 1. The van der Waals surface area contributed by atoms with Crippen LogP contribution in [0.5, 0.6) is 0 Å². The van der Waals surface area contributed by atoms with Gasteiger partial charge in [-0.2, -0.15) is 0 Å². The van der Waals surface area contributed by atoms with Crippen LogP contribution in [0.1, 0.15) is 77.5 Å². The summed E-state index contributed by atoms with van der Waals surface area (Å²) in [6, 6.07) is 10.7. The number of carbonyl (C=O) groups excluding carboxylic acids is 2. The third-order valence-corrected chi connectivity index (χ3v) is 7.03. The highest BCUT2D eigenvalue weighted by Gasteiger charge is 2.32. The number of halogens is 1. The first kappa shape index (κ1) is 28.9.